The molecule has 2 aromatic rings. The molecule has 1 aromatic heterocycles. The highest BCUT2D eigenvalue weighted by molar-refractivity contribution is 6.27. The highest BCUT2D eigenvalue weighted by Crippen LogP contribution is 2.39. The highest BCUT2D eigenvalue weighted by atomic mass is 16.1. The van der Waals surface area contributed by atoms with Crippen molar-refractivity contribution in [2.45, 2.75) is 26.3 Å². The number of ketones is 2. The molecule has 3 nitrogen and oxygen atoms in total. The van der Waals surface area contributed by atoms with Gasteiger partial charge in [-0.25, -0.2) is 0 Å². The van der Waals surface area contributed by atoms with Crippen LogP contribution in [0.2, 0.25) is 0 Å². The predicted molar refractivity (Wildman–Crippen MR) is 80.6 cm³/mol. The van der Waals surface area contributed by atoms with Gasteiger partial charge in [0, 0.05) is 17.8 Å². The van der Waals surface area contributed by atoms with Crippen LogP contribution in [0, 0.1) is 0 Å². The van der Waals surface area contributed by atoms with Gasteiger partial charge in [0.05, 0.1) is 16.8 Å². The first-order chi connectivity index (χ1) is 10.2. The molecule has 2 aliphatic rings. The van der Waals surface area contributed by atoms with Crippen molar-refractivity contribution in [3.63, 3.8) is 0 Å². The van der Waals surface area contributed by atoms with Crippen LogP contribution in [0.25, 0.3) is 11.3 Å². The second kappa shape index (κ2) is 4.29. The van der Waals surface area contributed by atoms with Gasteiger partial charge in [-0.2, -0.15) is 0 Å². The monoisotopic (exact) mass is 277 g/mol. The van der Waals surface area contributed by atoms with Gasteiger partial charge in [0.25, 0.3) is 0 Å². The Bertz CT molecular complexity index is 809. The summed E-state index contributed by atoms with van der Waals surface area (Å²) in [5.41, 5.74) is 4.75. The first-order valence-electron chi connectivity index (χ1n) is 7.26. The standard InChI is InChI=1S/C18H15NO2/c1-11-10-14(20)15-13-8-5-9-19(13)17(16(15)18(11)21)12-6-3-2-4-7-12/h2-4,6-7,10H,5,8-9H2,1H3. The van der Waals surface area contributed by atoms with Gasteiger partial charge in [-0.3, -0.25) is 9.59 Å². The van der Waals surface area contributed by atoms with Gasteiger partial charge < -0.3 is 4.57 Å². The number of allylic oxidation sites excluding steroid dienone is 2. The average Bonchev–Trinajstić information content (AvgIpc) is 3.05. The quantitative estimate of drug-likeness (QED) is 0.801. The number of carbonyl (C=O) groups excluding carboxylic acids is 2. The second-order valence-electron chi connectivity index (χ2n) is 5.69. The molecule has 0 bridgehead atoms. The van der Waals surface area contributed by atoms with Gasteiger partial charge >= 0.3 is 0 Å². The lowest BCUT2D eigenvalue weighted by atomic mass is 9.88. The molecular weight excluding hydrogens is 262 g/mol. The van der Waals surface area contributed by atoms with E-state index < -0.39 is 0 Å². The van der Waals surface area contributed by atoms with Gasteiger partial charge in [-0.1, -0.05) is 30.3 Å². The molecule has 0 saturated heterocycles. The van der Waals surface area contributed by atoms with E-state index in [0.29, 0.717) is 16.7 Å². The van der Waals surface area contributed by atoms with Crippen molar-refractivity contribution in [1.82, 2.24) is 4.57 Å². The van der Waals surface area contributed by atoms with Crippen LogP contribution < -0.4 is 0 Å². The molecule has 104 valence electrons. The molecule has 1 aliphatic heterocycles. The fourth-order valence-corrected chi connectivity index (χ4v) is 3.49. The van der Waals surface area contributed by atoms with E-state index in [1.165, 1.54) is 6.08 Å². The van der Waals surface area contributed by atoms with E-state index in [0.717, 1.165) is 36.3 Å². The Morgan fingerprint density at radius 3 is 2.57 bits per heavy atom. The summed E-state index contributed by atoms with van der Waals surface area (Å²) < 4.78 is 2.17. The highest BCUT2D eigenvalue weighted by Gasteiger charge is 2.35. The van der Waals surface area contributed by atoms with Crippen molar-refractivity contribution in [2.75, 3.05) is 0 Å². The van der Waals surface area contributed by atoms with Crippen molar-refractivity contribution in [2.24, 2.45) is 0 Å². The minimum atomic E-state index is -0.0186. The number of fused-ring (bicyclic) bond motifs is 3. The summed E-state index contributed by atoms with van der Waals surface area (Å²) in [5, 5.41) is 0. The van der Waals surface area contributed by atoms with E-state index in [1.807, 2.05) is 30.3 Å². The van der Waals surface area contributed by atoms with Crippen molar-refractivity contribution in [1.29, 1.82) is 0 Å². The number of rotatable bonds is 1. The van der Waals surface area contributed by atoms with Crippen LogP contribution in [0.5, 0.6) is 0 Å². The summed E-state index contributed by atoms with van der Waals surface area (Å²) in [4.78, 5) is 25.0. The van der Waals surface area contributed by atoms with Crippen molar-refractivity contribution in [3.05, 3.63) is 58.8 Å². The van der Waals surface area contributed by atoms with Crippen LogP contribution in [-0.4, -0.2) is 16.1 Å². The summed E-state index contributed by atoms with van der Waals surface area (Å²) in [6, 6.07) is 9.91. The van der Waals surface area contributed by atoms with E-state index in [4.69, 9.17) is 0 Å². The van der Waals surface area contributed by atoms with Crippen LogP contribution in [0.3, 0.4) is 0 Å². The maximum Gasteiger partial charge on any atom is 0.191 e. The average molecular weight is 277 g/mol. The molecule has 0 fully saturated rings. The first kappa shape index (κ1) is 12.3. The van der Waals surface area contributed by atoms with E-state index in [2.05, 4.69) is 4.57 Å². The van der Waals surface area contributed by atoms with Crippen LogP contribution >= 0.6 is 0 Å². The number of benzene rings is 1. The number of hydrogen-bond donors (Lipinski definition) is 0. The van der Waals surface area contributed by atoms with E-state index >= 15 is 0 Å². The lowest BCUT2D eigenvalue weighted by Gasteiger charge is -2.12. The molecule has 1 aliphatic carbocycles. The van der Waals surface area contributed by atoms with Gasteiger partial charge in [0.1, 0.15) is 0 Å². The van der Waals surface area contributed by atoms with Crippen LogP contribution in [0.15, 0.2) is 42.0 Å². The van der Waals surface area contributed by atoms with Crippen molar-refractivity contribution in [3.8, 4) is 11.3 Å². The molecule has 0 radical (unpaired) electrons. The second-order valence-corrected chi connectivity index (χ2v) is 5.69. The molecular formula is C18H15NO2. The normalized spacial score (nSPS) is 16.7. The molecule has 0 unspecified atom stereocenters. The van der Waals surface area contributed by atoms with Crippen LogP contribution in [0.1, 0.15) is 39.8 Å². The van der Waals surface area contributed by atoms with Crippen LogP contribution in [-0.2, 0) is 13.0 Å². The topological polar surface area (TPSA) is 39.1 Å². The van der Waals surface area contributed by atoms with E-state index in [-0.39, 0.29) is 11.6 Å². The van der Waals surface area contributed by atoms with Crippen LogP contribution in [0.4, 0.5) is 0 Å². The molecule has 1 aromatic carbocycles. The SMILES string of the molecule is CC1=CC(=O)c2c(c(-c3ccccc3)n3c2CCC3)C1=O. The maximum absolute atomic E-state index is 12.6. The number of carbonyl (C=O) groups is 2. The summed E-state index contributed by atoms with van der Waals surface area (Å²) in [7, 11) is 0. The zero-order chi connectivity index (χ0) is 14.6. The lowest BCUT2D eigenvalue weighted by Crippen LogP contribution is -2.15. The smallest absolute Gasteiger partial charge is 0.191 e. The molecule has 21 heavy (non-hydrogen) atoms. The zero-order valence-corrected chi connectivity index (χ0v) is 11.8. The summed E-state index contributed by atoms with van der Waals surface area (Å²) in [6.45, 7) is 2.60. The van der Waals surface area contributed by atoms with Crippen molar-refractivity contribution < 1.29 is 9.59 Å². The third-order valence-corrected chi connectivity index (χ3v) is 4.39. The molecule has 2 heterocycles. The first-order valence-corrected chi connectivity index (χ1v) is 7.26. The molecule has 0 spiro atoms. The fourth-order valence-electron chi connectivity index (χ4n) is 3.49. The van der Waals surface area contributed by atoms with Gasteiger partial charge in [0.2, 0.25) is 0 Å². The minimum absolute atomic E-state index is 0.00893. The number of Topliss-reactive ketones (excluding diaryl/α,β-unsaturated/α-hetero) is 1. The van der Waals surface area contributed by atoms with Gasteiger partial charge in [-0.05, 0) is 31.4 Å². The largest absolute Gasteiger partial charge is 0.343 e. The minimum Gasteiger partial charge on any atom is -0.343 e. The maximum atomic E-state index is 12.6. The number of aromatic nitrogens is 1. The Kier molecular flexibility index (Phi) is 2.52. The molecule has 0 atom stereocenters. The third kappa shape index (κ3) is 1.60. The lowest BCUT2D eigenvalue weighted by molar-refractivity contribution is 0.0985. The Morgan fingerprint density at radius 2 is 1.81 bits per heavy atom. The summed E-state index contributed by atoms with van der Waals surface area (Å²) in [6.07, 6.45) is 3.40. The molecule has 0 amide bonds. The van der Waals surface area contributed by atoms with Crippen molar-refractivity contribution >= 4 is 11.6 Å². The van der Waals surface area contributed by atoms with E-state index in [1.54, 1.807) is 6.92 Å². The Labute approximate surface area is 122 Å². The predicted octanol–water partition coefficient (Wildman–Crippen LogP) is 3.43. The van der Waals surface area contributed by atoms with Gasteiger partial charge in [0.15, 0.2) is 11.6 Å². The molecule has 3 heteroatoms. The molecule has 4 rings (SSSR count). The fraction of sp³-hybridized carbons (Fsp3) is 0.222. The molecule has 0 N–H and O–H groups in total. The summed E-state index contributed by atoms with van der Waals surface area (Å²) >= 11 is 0. The van der Waals surface area contributed by atoms with E-state index in [9.17, 15) is 9.59 Å². The Morgan fingerprint density at radius 1 is 1.05 bits per heavy atom. The Hall–Kier alpha value is -2.42. The third-order valence-electron chi connectivity index (χ3n) is 4.39. The van der Waals surface area contributed by atoms with Gasteiger partial charge in [-0.15, -0.1) is 0 Å². The Balaban J connectivity index is 2.08. The molecule has 0 saturated carbocycles. The zero-order valence-electron chi connectivity index (χ0n) is 11.8. The summed E-state index contributed by atoms with van der Waals surface area (Å²) in [5.74, 6) is -0.0275. The number of hydrogen-bond acceptors (Lipinski definition) is 2. The number of nitrogens with zero attached hydrogens (tertiary/aromatic N) is 1.